The maximum Gasteiger partial charge on any atom is 0.337 e. The molecule has 4 heteroatoms. The molecule has 2 atom stereocenters. The lowest BCUT2D eigenvalue weighted by atomic mass is 9.81. The quantitative estimate of drug-likeness (QED) is 0.849. The van der Waals surface area contributed by atoms with Gasteiger partial charge in [-0.25, -0.2) is 4.79 Å². The van der Waals surface area contributed by atoms with Gasteiger partial charge >= 0.3 is 5.97 Å². The van der Waals surface area contributed by atoms with Gasteiger partial charge < -0.3 is 9.84 Å². The van der Waals surface area contributed by atoms with Gasteiger partial charge in [0.25, 0.3) is 0 Å². The smallest absolute Gasteiger partial charge is 0.337 e. The Bertz CT molecular complexity index is 464. The molecule has 0 bridgehead atoms. The van der Waals surface area contributed by atoms with Crippen molar-refractivity contribution in [1.29, 1.82) is 0 Å². The maximum absolute atomic E-state index is 11.8. The SMILES string of the molecule is COC(=O)c1ccc([C@@H](O)[C@H]2CCCCC2=O)cc1. The lowest BCUT2D eigenvalue weighted by molar-refractivity contribution is -0.128. The molecule has 0 radical (unpaired) electrons. The van der Waals surface area contributed by atoms with E-state index in [0.29, 0.717) is 17.5 Å². The predicted octanol–water partition coefficient (Wildman–Crippen LogP) is 2.27. The molecule has 0 amide bonds. The van der Waals surface area contributed by atoms with Crippen LogP contribution in [0.4, 0.5) is 0 Å². The highest BCUT2D eigenvalue weighted by molar-refractivity contribution is 5.89. The zero-order chi connectivity index (χ0) is 13.8. The zero-order valence-electron chi connectivity index (χ0n) is 11.0. The molecule has 1 N–H and O–H groups in total. The predicted molar refractivity (Wildman–Crippen MR) is 69.7 cm³/mol. The second-order valence-electron chi connectivity index (χ2n) is 4.88. The first-order chi connectivity index (χ1) is 9.13. The minimum atomic E-state index is -0.778. The Balaban J connectivity index is 2.12. The number of ether oxygens (including phenoxy) is 1. The number of carbonyl (C=O) groups excluding carboxylic acids is 2. The highest BCUT2D eigenvalue weighted by Gasteiger charge is 2.29. The van der Waals surface area contributed by atoms with Crippen LogP contribution in [0.5, 0.6) is 0 Å². The van der Waals surface area contributed by atoms with E-state index in [2.05, 4.69) is 4.74 Å². The van der Waals surface area contributed by atoms with E-state index < -0.39 is 12.1 Å². The Morgan fingerprint density at radius 2 is 2.00 bits per heavy atom. The van der Waals surface area contributed by atoms with Crippen molar-refractivity contribution in [3.63, 3.8) is 0 Å². The normalized spacial score (nSPS) is 20.9. The van der Waals surface area contributed by atoms with Gasteiger partial charge in [-0.15, -0.1) is 0 Å². The summed E-state index contributed by atoms with van der Waals surface area (Å²) in [4.78, 5) is 23.1. The van der Waals surface area contributed by atoms with Crippen LogP contribution in [0.3, 0.4) is 0 Å². The van der Waals surface area contributed by atoms with E-state index in [4.69, 9.17) is 0 Å². The van der Waals surface area contributed by atoms with Gasteiger partial charge in [0.2, 0.25) is 0 Å². The van der Waals surface area contributed by atoms with Crippen molar-refractivity contribution in [2.75, 3.05) is 7.11 Å². The molecule has 0 aliphatic heterocycles. The highest BCUT2D eigenvalue weighted by Crippen LogP contribution is 2.32. The minimum absolute atomic E-state index is 0.135. The number of aliphatic hydroxyl groups is 1. The van der Waals surface area contributed by atoms with Crippen molar-refractivity contribution in [2.45, 2.75) is 31.8 Å². The van der Waals surface area contributed by atoms with Gasteiger partial charge in [-0.3, -0.25) is 4.79 Å². The first-order valence-corrected chi connectivity index (χ1v) is 6.52. The number of carbonyl (C=O) groups is 2. The fraction of sp³-hybridized carbons (Fsp3) is 0.467. The molecular weight excluding hydrogens is 244 g/mol. The second kappa shape index (κ2) is 5.97. The van der Waals surface area contributed by atoms with E-state index in [0.717, 1.165) is 19.3 Å². The third kappa shape index (κ3) is 3.01. The molecule has 2 rings (SSSR count). The standard InChI is InChI=1S/C15H18O4/c1-19-15(18)11-8-6-10(7-9-11)14(17)12-4-2-3-5-13(12)16/h6-9,12,14,17H,2-5H2,1H3/t12-,14+/m0/s1. The molecule has 1 saturated carbocycles. The summed E-state index contributed by atoms with van der Waals surface area (Å²) in [7, 11) is 1.33. The van der Waals surface area contributed by atoms with E-state index in [-0.39, 0.29) is 11.7 Å². The Kier molecular flexibility index (Phi) is 4.32. The van der Waals surface area contributed by atoms with Gasteiger partial charge in [0, 0.05) is 12.3 Å². The van der Waals surface area contributed by atoms with Crippen molar-refractivity contribution in [1.82, 2.24) is 0 Å². The van der Waals surface area contributed by atoms with Gasteiger partial charge in [-0.05, 0) is 30.5 Å². The van der Waals surface area contributed by atoms with Crippen molar-refractivity contribution < 1.29 is 19.4 Å². The molecule has 1 aliphatic rings. The molecular formula is C15H18O4. The van der Waals surface area contributed by atoms with Crippen LogP contribution < -0.4 is 0 Å². The third-order valence-electron chi connectivity index (χ3n) is 3.66. The van der Waals surface area contributed by atoms with Crippen LogP contribution in [-0.2, 0) is 9.53 Å². The van der Waals surface area contributed by atoms with Crippen LogP contribution in [0, 0.1) is 5.92 Å². The highest BCUT2D eigenvalue weighted by atomic mass is 16.5. The Morgan fingerprint density at radius 3 is 2.58 bits per heavy atom. The third-order valence-corrected chi connectivity index (χ3v) is 3.66. The van der Waals surface area contributed by atoms with Crippen molar-refractivity contribution in [3.05, 3.63) is 35.4 Å². The summed E-state index contributed by atoms with van der Waals surface area (Å²) in [6.45, 7) is 0. The van der Waals surface area contributed by atoms with E-state index in [1.165, 1.54) is 7.11 Å². The molecule has 102 valence electrons. The molecule has 0 unspecified atom stereocenters. The first kappa shape index (κ1) is 13.7. The number of benzene rings is 1. The Hall–Kier alpha value is -1.68. The van der Waals surface area contributed by atoms with Crippen LogP contribution in [0.25, 0.3) is 0 Å². The molecule has 4 nitrogen and oxygen atoms in total. The lowest BCUT2D eigenvalue weighted by Gasteiger charge is -2.25. The molecule has 0 aromatic heterocycles. The van der Waals surface area contributed by atoms with Gasteiger partial charge in [-0.1, -0.05) is 18.6 Å². The molecule has 0 spiro atoms. The zero-order valence-corrected chi connectivity index (χ0v) is 11.0. The monoisotopic (exact) mass is 262 g/mol. The van der Waals surface area contributed by atoms with Crippen LogP contribution >= 0.6 is 0 Å². The summed E-state index contributed by atoms with van der Waals surface area (Å²) in [6.07, 6.45) is 2.41. The lowest BCUT2D eigenvalue weighted by Crippen LogP contribution is -2.25. The topological polar surface area (TPSA) is 63.6 Å². The van der Waals surface area contributed by atoms with Crippen LogP contribution in [0.2, 0.25) is 0 Å². The maximum atomic E-state index is 11.8. The average Bonchev–Trinajstić information content (AvgIpc) is 2.46. The van der Waals surface area contributed by atoms with Crippen LogP contribution in [0.1, 0.15) is 47.7 Å². The number of hydrogen-bond acceptors (Lipinski definition) is 4. The molecule has 1 fully saturated rings. The van der Waals surface area contributed by atoms with E-state index in [1.807, 2.05) is 0 Å². The van der Waals surface area contributed by atoms with Crippen molar-refractivity contribution in [3.8, 4) is 0 Å². The molecule has 1 aliphatic carbocycles. The summed E-state index contributed by atoms with van der Waals surface area (Å²) in [5.74, 6) is -0.580. The fourth-order valence-corrected chi connectivity index (χ4v) is 2.51. The summed E-state index contributed by atoms with van der Waals surface area (Å²) in [5.41, 5.74) is 1.11. The molecule has 0 saturated heterocycles. The van der Waals surface area contributed by atoms with Gasteiger partial charge in [0.1, 0.15) is 5.78 Å². The summed E-state index contributed by atoms with van der Waals surface area (Å²) < 4.78 is 4.61. The van der Waals surface area contributed by atoms with E-state index in [1.54, 1.807) is 24.3 Å². The summed E-state index contributed by atoms with van der Waals surface area (Å²) in [6, 6.07) is 6.58. The second-order valence-corrected chi connectivity index (χ2v) is 4.88. The van der Waals surface area contributed by atoms with Crippen LogP contribution in [0.15, 0.2) is 24.3 Å². The van der Waals surface area contributed by atoms with Crippen molar-refractivity contribution >= 4 is 11.8 Å². The number of Topliss-reactive ketones (excluding diaryl/α,β-unsaturated/α-hetero) is 1. The molecule has 0 heterocycles. The average molecular weight is 262 g/mol. The Labute approximate surface area is 112 Å². The number of esters is 1. The molecule has 1 aromatic carbocycles. The minimum Gasteiger partial charge on any atom is -0.465 e. The van der Waals surface area contributed by atoms with Gasteiger partial charge in [0.05, 0.1) is 18.8 Å². The molecule has 1 aromatic rings. The number of aliphatic hydroxyl groups excluding tert-OH is 1. The van der Waals surface area contributed by atoms with Gasteiger partial charge in [-0.2, -0.15) is 0 Å². The number of ketones is 1. The van der Waals surface area contributed by atoms with Crippen molar-refractivity contribution in [2.24, 2.45) is 5.92 Å². The first-order valence-electron chi connectivity index (χ1n) is 6.52. The number of rotatable bonds is 3. The van der Waals surface area contributed by atoms with Gasteiger partial charge in [0.15, 0.2) is 0 Å². The van der Waals surface area contributed by atoms with Crippen LogP contribution in [-0.4, -0.2) is 24.0 Å². The summed E-state index contributed by atoms with van der Waals surface area (Å²) >= 11 is 0. The number of methoxy groups -OCH3 is 1. The van der Waals surface area contributed by atoms with E-state index in [9.17, 15) is 14.7 Å². The Morgan fingerprint density at radius 1 is 1.32 bits per heavy atom. The molecule has 19 heavy (non-hydrogen) atoms. The van der Waals surface area contributed by atoms with E-state index >= 15 is 0 Å². The number of hydrogen-bond donors (Lipinski definition) is 1. The largest absolute Gasteiger partial charge is 0.465 e. The fourth-order valence-electron chi connectivity index (χ4n) is 2.51. The summed E-state index contributed by atoms with van der Waals surface area (Å²) in [5, 5.41) is 10.3.